The third-order valence-corrected chi connectivity index (χ3v) is 7.51. The number of hydrogen-bond acceptors (Lipinski definition) is 3. The summed E-state index contributed by atoms with van der Waals surface area (Å²) in [6, 6.07) is 10.6. The summed E-state index contributed by atoms with van der Waals surface area (Å²) < 4.78 is 5.31. The van der Waals surface area contributed by atoms with E-state index in [0.29, 0.717) is 17.6 Å². The zero-order valence-corrected chi connectivity index (χ0v) is 16.7. The number of aryl methyl sites for hydroxylation is 1. The van der Waals surface area contributed by atoms with Crippen LogP contribution in [0.15, 0.2) is 48.8 Å². The fourth-order valence-corrected chi connectivity index (χ4v) is 6.33. The van der Waals surface area contributed by atoms with Crippen molar-refractivity contribution in [2.45, 2.75) is 51.9 Å². The van der Waals surface area contributed by atoms with Gasteiger partial charge in [0.05, 0.1) is 0 Å². The molecule has 144 valence electrons. The molecule has 1 aromatic heterocycles. The van der Waals surface area contributed by atoms with Crippen LogP contribution in [0.3, 0.4) is 0 Å². The number of carbonyl (C=O) groups excluding carboxylic acids is 1. The van der Waals surface area contributed by atoms with E-state index < -0.39 is 0 Å². The Hall–Kier alpha value is -2.42. The van der Waals surface area contributed by atoms with Gasteiger partial charge in [-0.25, -0.2) is 0 Å². The lowest BCUT2D eigenvalue weighted by atomic mass is 9.54. The molecule has 3 nitrogen and oxygen atoms in total. The number of rotatable bonds is 2. The predicted molar refractivity (Wildman–Crippen MR) is 110 cm³/mol. The second-order valence-electron chi connectivity index (χ2n) is 8.92. The van der Waals surface area contributed by atoms with Gasteiger partial charge in [0.2, 0.25) is 0 Å². The second kappa shape index (κ2) is 6.58. The zero-order chi connectivity index (χ0) is 19.3. The summed E-state index contributed by atoms with van der Waals surface area (Å²) in [5.74, 6) is 2.52. The van der Waals surface area contributed by atoms with Crippen LogP contribution in [0.25, 0.3) is 5.57 Å². The molecule has 0 amide bonds. The minimum atomic E-state index is -0.248. The maximum Gasteiger partial charge on any atom is 0.308 e. The molecule has 1 aromatic carbocycles. The van der Waals surface area contributed by atoms with Gasteiger partial charge in [-0.05, 0) is 95.7 Å². The third kappa shape index (κ3) is 2.71. The van der Waals surface area contributed by atoms with Crippen LogP contribution in [0.5, 0.6) is 5.75 Å². The third-order valence-electron chi connectivity index (χ3n) is 7.51. The summed E-state index contributed by atoms with van der Waals surface area (Å²) in [5, 5.41) is 0. The zero-order valence-electron chi connectivity index (χ0n) is 16.7. The number of fused-ring (bicyclic) bond motifs is 5. The highest BCUT2D eigenvalue weighted by Crippen LogP contribution is 2.63. The van der Waals surface area contributed by atoms with Crippen LogP contribution < -0.4 is 4.74 Å². The van der Waals surface area contributed by atoms with Crippen molar-refractivity contribution in [2.24, 2.45) is 17.3 Å². The molecule has 3 heteroatoms. The Bertz CT molecular complexity index is 948. The molecule has 1 fully saturated rings. The monoisotopic (exact) mass is 373 g/mol. The highest BCUT2D eigenvalue weighted by Gasteiger charge is 2.51. The van der Waals surface area contributed by atoms with Crippen LogP contribution in [0.2, 0.25) is 0 Å². The standard InChI is InChI=1S/C25H27NO2/c1-16(27)28-19-6-8-20-17(14-19)5-7-22-21(20)11-12-25(2)23(9-10-24(22)25)18-4-3-13-26-15-18/h3-4,6,8-9,13-15,21-22,24H,5,7,10-12H2,1-2H3. The van der Waals surface area contributed by atoms with Gasteiger partial charge in [0, 0.05) is 19.3 Å². The molecular weight excluding hydrogens is 346 g/mol. The first kappa shape index (κ1) is 17.7. The van der Waals surface area contributed by atoms with E-state index in [1.165, 1.54) is 54.9 Å². The molecule has 0 bridgehead atoms. The van der Waals surface area contributed by atoms with Crippen LogP contribution in [0, 0.1) is 17.3 Å². The molecule has 0 saturated heterocycles. The van der Waals surface area contributed by atoms with E-state index >= 15 is 0 Å². The summed E-state index contributed by atoms with van der Waals surface area (Å²) in [5.41, 5.74) is 5.94. The summed E-state index contributed by atoms with van der Waals surface area (Å²) in [6.45, 7) is 3.95. The van der Waals surface area contributed by atoms with Gasteiger partial charge in [-0.15, -0.1) is 0 Å². The van der Waals surface area contributed by atoms with Crippen molar-refractivity contribution in [2.75, 3.05) is 0 Å². The number of pyridine rings is 1. The van der Waals surface area contributed by atoms with Crippen LogP contribution in [0.4, 0.5) is 0 Å². The average Bonchev–Trinajstić information content (AvgIpc) is 3.05. The number of carbonyl (C=O) groups is 1. The molecule has 1 heterocycles. The molecule has 3 aliphatic rings. The molecular formula is C25H27NO2. The number of benzene rings is 1. The Morgan fingerprint density at radius 2 is 2.14 bits per heavy atom. The number of ether oxygens (including phenoxy) is 1. The van der Waals surface area contributed by atoms with E-state index in [1.54, 1.807) is 0 Å². The number of aromatic nitrogens is 1. The van der Waals surface area contributed by atoms with E-state index in [0.717, 1.165) is 12.3 Å². The van der Waals surface area contributed by atoms with E-state index in [9.17, 15) is 4.79 Å². The van der Waals surface area contributed by atoms with Crippen molar-refractivity contribution in [3.63, 3.8) is 0 Å². The van der Waals surface area contributed by atoms with Crippen molar-refractivity contribution >= 4 is 11.5 Å². The van der Waals surface area contributed by atoms with Gasteiger partial charge < -0.3 is 4.74 Å². The van der Waals surface area contributed by atoms with Gasteiger partial charge >= 0.3 is 5.97 Å². The number of hydrogen-bond donors (Lipinski definition) is 0. The smallest absolute Gasteiger partial charge is 0.308 e. The maximum absolute atomic E-state index is 11.3. The van der Waals surface area contributed by atoms with Gasteiger partial charge in [0.15, 0.2) is 0 Å². The largest absolute Gasteiger partial charge is 0.427 e. The summed E-state index contributed by atoms with van der Waals surface area (Å²) in [6.07, 6.45) is 12.3. The maximum atomic E-state index is 11.3. The minimum absolute atomic E-state index is 0.248. The fourth-order valence-electron chi connectivity index (χ4n) is 6.33. The van der Waals surface area contributed by atoms with Crippen molar-refractivity contribution in [1.29, 1.82) is 0 Å². The average molecular weight is 373 g/mol. The summed E-state index contributed by atoms with van der Waals surface area (Å²) >= 11 is 0. The first-order valence-corrected chi connectivity index (χ1v) is 10.5. The molecule has 0 spiro atoms. The molecule has 28 heavy (non-hydrogen) atoms. The first-order valence-electron chi connectivity index (χ1n) is 10.5. The second-order valence-corrected chi connectivity index (χ2v) is 8.92. The van der Waals surface area contributed by atoms with Crippen molar-refractivity contribution in [3.05, 3.63) is 65.5 Å². The molecule has 2 aromatic rings. The fraction of sp³-hybridized carbons (Fsp3) is 0.440. The van der Waals surface area contributed by atoms with Crippen molar-refractivity contribution < 1.29 is 9.53 Å². The Labute approximate surface area is 166 Å². The van der Waals surface area contributed by atoms with E-state index in [-0.39, 0.29) is 11.4 Å². The number of allylic oxidation sites excluding steroid dienone is 2. The Morgan fingerprint density at radius 3 is 2.93 bits per heavy atom. The van der Waals surface area contributed by atoms with Crippen molar-refractivity contribution in [3.8, 4) is 5.75 Å². The van der Waals surface area contributed by atoms with Gasteiger partial charge in [-0.3, -0.25) is 9.78 Å². The molecule has 3 aliphatic carbocycles. The van der Waals surface area contributed by atoms with E-state index in [4.69, 9.17) is 4.74 Å². The van der Waals surface area contributed by atoms with Crippen LogP contribution in [-0.4, -0.2) is 11.0 Å². The van der Waals surface area contributed by atoms with E-state index in [2.05, 4.69) is 42.2 Å². The van der Waals surface area contributed by atoms with Gasteiger partial charge in [-0.1, -0.05) is 25.1 Å². The molecule has 0 radical (unpaired) electrons. The summed E-state index contributed by atoms with van der Waals surface area (Å²) in [4.78, 5) is 15.6. The van der Waals surface area contributed by atoms with E-state index in [1.807, 2.05) is 18.5 Å². The number of nitrogens with zero attached hydrogens (tertiary/aromatic N) is 1. The quantitative estimate of drug-likeness (QED) is 0.511. The molecule has 4 unspecified atom stereocenters. The Balaban J connectivity index is 1.43. The van der Waals surface area contributed by atoms with Crippen LogP contribution in [0.1, 0.15) is 62.1 Å². The molecule has 4 atom stereocenters. The highest BCUT2D eigenvalue weighted by molar-refractivity contribution is 5.72. The number of esters is 1. The minimum Gasteiger partial charge on any atom is -0.427 e. The molecule has 5 rings (SSSR count). The highest BCUT2D eigenvalue weighted by atomic mass is 16.5. The van der Waals surface area contributed by atoms with Crippen molar-refractivity contribution in [1.82, 2.24) is 4.98 Å². The normalized spacial score (nSPS) is 30.6. The van der Waals surface area contributed by atoms with Crippen LogP contribution in [-0.2, 0) is 11.2 Å². The lowest BCUT2D eigenvalue weighted by molar-refractivity contribution is -0.131. The van der Waals surface area contributed by atoms with Gasteiger partial charge in [0.25, 0.3) is 0 Å². The molecule has 0 aliphatic heterocycles. The Morgan fingerprint density at radius 1 is 1.25 bits per heavy atom. The SMILES string of the molecule is CC(=O)Oc1ccc2c(c1)CCC1C2CCC2(C)C(c3cccnc3)=CCC12. The lowest BCUT2D eigenvalue weighted by Gasteiger charge is -2.50. The predicted octanol–water partition coefficient (Wildman–Crippen LogP) is 5.56. The van der Waals surface area contributed by atoms with Gasteiger partial charge in [0.1, 0.15) is 5.75 Å². The summed E-state index contributed by atoms with van der Waals surface area (Å²) in [7, 11) is 0. The topological polar surface area (TPSA) is 39.2 Å². The van der Waals surface area contributed by atoms with Crippen LogP contribution >= 0.6 is 0 Å². The molecule has 0 N–H and O–H groups in total. The Kier molecular flexibility index (Phi) is 4.15. The lowest BCUT2D eigenvalue weighted by Crippen LogP contribution is -2.40. The molecule has 1 saturated carbocycles. The van der Waals surface area contributed by atoms with Gasteiger partial charge in [-0.2, -0.15) is 0 Å². The first-order chi connectivity index (χ1) is 13.6.